The van der Waals surface area contributed by atoms with Crippen LogP contribution in [0.15, 0.2) is 47.6 Å². The van der Waals surface area contributed by atoms with Crippen molar-refractivity contribution < 1.29 is 14.3 Å². The Bertz CT molecular complexity index is 594. The molecule has 0 aromatic carbocycles. The van der Waals surface area contributed by atoms with Gasteiger partial charge in [0.2, 0.25) is 0 Å². The fraction of sp³-hybridized carbons (Fsp3) is 0.545. The zero-order chi connectivity index (χ0) is 18.7. The Morgan fingerprint density at radius 3 is 1.56 bits per heavy atom. The van der Waals surface area contributed by atoms with E-state index >= 15 is 0 Å². The van der Waals surface area contributed by atoms with Crippen LogP contribution < -0.4 is 0 Å². The third kappa shape index (κ3) is 4.59. The highest BCUT2D eigenvalue weighted by Gasteiger charge is 2.34. The zero-order valence-corrected chi connectivity index (χ0v) is 15.9. The minimum atomic E-state index is -0.421. The molecular formula is C22H30O3. The van der Waals surface area contributed by atoms with E-state index in [2.05, 4.69) is 25.3 Å². The Balaban J connectivity index is 2.05. The lowest BCUT2D eigenvalue weighted by Gasteiger charge is -2.29. The van der Waals surface area contributed by atoms with Crippen LogP contribution in [0, 0.1) is 23.7 Å². The molecule has 0 aromatic rings. The summed E-state index contributed by atoms with van der Waals surface area (Å²) >= 11 is 0. The molecule has 0 fully saturated rings. The van der Waals surface area contributed by atoms with Crippen molar-refractivity contribution in [3.8, 4) is 0 Å². The summed E-state index contributed by atoms with van der Waals surface area (Å²) in [7, 11) is 0. The molecule has 3 heteroatoms. The van der Waals surface area contributed by atoms with Crippen molar-refractivity contribution >= 4 is 11.9 Å². The Kier molecular flexibility index (Phi) is 6.21. The van der Waals surface area contributed by atoms with Crippen LogP contribution in [0.1, 0.15) is 53.4 Å². The van der Waals surface area contributed by atoms with Crippen molar-refractivity contribution in [1.29, 1.82) is 0 Å². The van der Waals surface area contributed by atoms with E-state index in [4.69, 9.17) is 4.74 Å². The van der Waals surface area contributed by atoms with E-state index in [1.807, 2.05) is 27.7 Å². The molecule has 0 radical (unpaired) electrons. The van der Waals surface area contributed by atoms with Gasteiger partial charge >= 0.3 is 11.9 Å². The summed E-state index contributed by atoms with van der Waals surface area (Å²) in [6, 6.07) is 0. The van der Waals surface area contributed by atoms with Gasteiger partial charge in [0.25, 0.3) is 0 Å². The minimum absolute atomic E-state index is 0.278. The van der Waals surface area contributed by atoms with E-state index in [-0.39, 0.29) is 23.7 Å². The molecule has 0 spiro atoms. The first-order valence-corrected chi connectivity index (χ1v) is 9.10. The normalized spacial score (nSPS) is 29.3. The molecule has 0 heterocycles. The summed E-state index contributed by atoms with van der Waals surface area (Å²) in [6.07, 6.45) is 7.31. The van der Waals surface area contributed by atoms with Gasteiger partial charge in [0.15, 0.2) is 0 Å². The predicted octanol–water partition coefficient (Wildman–Crippen LogP) is 5.15. The molecule has 136 valence electrons. The third-order valence-corrected chi connectivity index (χ3v) is 5.75. The maximum atomic E-state index is 12.6. The van der Waals surface area contributed by atoms with Crippen LogP contribution in [0.4, 0.5) is 0 Å². The molecule has 0 unspecified atom stereocenters. The topological polar surface area (TPSA) is 43.4 Å². The monoisotopic (exact) mass is 342 g/mol. The maximum Gasteiger partial charge on any atom is 0.320 e. The van der Waals surface area contributed by atoms with E-state index in [1.165, 1.54) is 0 Å². The fourth-order valence-corrected chi connectivity index (χ4v) is 3.68. The van der Waals surface area contributed by atoms with Crippen LogP contribution in [0.25, 0.3) is 0 Å². The van der Waals surface area contributed by atoms with Gasteiger partial charge in [-0.3, -0.25) is 9.59 Å². The number of ether oxygens (including phenoxy) is 1. The van der Waals surface area contributed by atoms with Crippen LogP contribution in [-0.2, 0) is 14.3 Å². The Morgan fingerprint density at radius 1 is 0.880 bits per heavy atom. The number of esters is 2. The molecular weight excluding hydrogens is 312 g/mol. The van der Waals surface area contributed by atoms with Crippen molar-refractivity contribution in [2.24, 2.45) is 23.7 Å². The molecule has 0 saturated carbocycles. The number of rotatable bonds is 4. The van der Waals surface area contributed by atoms with Crippen LogP contribution in [0.2, 0.25) is 0 Å². The molecule has 2 aliphatic carbocycles. The van der Waals surface area contributed by atoms with Gasteiger partial charge in [0, 0.05) is 0 Å². The molecule has 2 aliphatic rings. The van der Waals surface area contributed by atoms with Gasteiger partial charge in [-0.25, -0.2) is 0 Å². The highest BCUT2D eigenvalue weighted by atomic mass is 16.6. The number of hydrogen-bond acceptors (Lipinski definition) is 3. The van der Waals surface area contributed by atoms with E-state index in [9.17, 15) is 9.59 Å². The van der Waals surface area contributed by atoms with Gasteiger partial charge < -0.3 is 4.74 Å². The number of hydrogen-bond donors (Lipinski definition) is 0. The maximum absolute atomic E-state index is 12.6. The Morgan fingerprint density at radius 2 is 1.24 bits per heavy atom. The lowest BCUT2D eigenvalue weighted by molar-refractivity contribution is -0.164. The molecule has 0 saturated heterocycles. The molecule has 0 N–H and O–H groups in total. The predicted molar refractivity (Wildman–Crippen MR) is 101 cm³/mol. The van der Waals surface area contributed by atoms with Gasteiger partial charge in [0.1, 0.15) is 0 Å². The number of carbonyl (C=O) groups excluding carboxylic acids is 2. The average Bonchev–Trinajstić information content (AvgIpc) is 2.54. The van der Waals surface area contributed by atoms with E-state index in [1.54, 1.807) is 0 Å². The SMILES string of the molecule is C=C(C)[C@@H]1CC=C(C)[C@H](C(=O)OC(=O)[C@H]2C[C@@H](C(=C)C)CC=C2C)C1. The molecule has 0 amide bonds. The first kappa shape index (κ1) is 19.4. The summed E-state index contributed by atoms with van der Waals surface area (Å²) in [5, 5.41) is 0. The second-order valence-corrected chi connectivity index (χ2v) is 7.77. The Hall–Kier alpha value is -1.90. The quantitative estimate of drug-likeness (QED) is 0.403. The molecule has 0 aromatic heterocycles. The van der Waals surface area contributed by atoms with Gasteiger partial charge in [-0.15, -0.1) is 0 Å². The minimum Gasteiger partial charge on any atom is -0.392 e. The molecule has 2 rings (SSSR count). The molecule has 0 aliphatic heterocycles. The first-order valence-electron chi connectivity index (χ1n) is 9.10. The third-order valence-electron chi connectivity index (χ3n) is 5.75. The highest BCUT2D eigenvalue weighted by molar-refractivity contribution is 5.90. The van der Waals surface area contributed by atoms with Crippen molar-refractivity contribution in [2.75, 3.05) is 0 Å². The summed E-state index contributed by atoms with van der Waals surface area (Å²) < 4.78 is 5.31. The van der Waals surface area contributed by atoms with Crippen LogP contribution in [0.5, 0.6) is 0 Å². The van der Waals surface area contributed by atoms with Gasteiger partial charge in [0.05, 0.1) is 11.8 Å². The molecule has 25 heavy (non-hydrogen) atoms. The standard InChI is InChI=1S/C22H30O3/c1-13(2)17-9-7-15(5)19(11-17)21(23)25-22(24)20-12-18(14(3)4)10-8-16(20)6/h7-8,17-20H,1,3,9-12H2,2,4-6H3/t17-,18+,19-,20+. The summed E-state index contributed by atoms with van der Waals surface area (Å²) in [4.78, 5) is 25.2. The second-order valence-electron chi connectivity index (χ2n) is 7.77. The lowest BCUT2D eigenvalue weighted by Crippen LogP contribution is -2.31. The average molecular weight is 342 g/mol. The fourth-order valence-electron chi connectivity index (χ4n) is 3.68. The van der Waals surface area contributed by atoms with Gasteiger partial charge in [-0.1, -0.05) is 47.6 Å². The summed E-state index contributed by atoms with van der Waals surface area (Å²) in [5.41, 5.74) is 4.13. The van der Waals surface area contributed by atoms with Crippen molar-refractivity contribution in [2.45, 2.75) is 53.4 Å². The van der Waals surface area contributed by atoms with Crippen molar-refractivity contribution in [3.63, 3.8) is 0 Å². The highest BCUT2D eigenvalue weighted by Crippen LogP contribution is 2.36. The smallest absolute Gasteiger partial charge is 0.320 e. The Labute approximate surface area is 151 Å². The van der Waals surface area contributed by atoms with Crippen LogP contribution in [0.3, 0.4) is 0 Å². The second kappa shape index (κ2) is 7.99. The van der Waals surface area contributed by atoms with Crippen LogP contribution in [-0.4, -0.2) is 11.9 Å². The van der Waals surface area contributed by atoms with E-state index in [0.29, 0.717) is 12.8 Å². The van der Waals surface area contributed by atoms with E-state index < -0.39 is 11.9 Å². The molecule has 3 nitrogen and oxygen atoms in total. The van der Waals surface area contributed by atoms with Crippen LogP contribution >= 0.6 is 0 Å². The summed E-state index contributed by atoms with van der Waals surface area (Å²) in [5.74, 6) is -0.973. The number of carbonyl (C=O) groups is 2. The van der Waals surface area contributed by atoms with E-state index in [0.717, 1.165) is 35.1 Å². The van der Waals surface area contributed by atoms with Crippen molar-refractivity contribution in [3.05, 3.63) is 47.6 Å². The van der Waals surface area contributed by atoms with Gasteiger partial charge in [-0.05, 0) is 65.2 Å². The molecule has 4 atom stereocenters. The zero-order valence-electron chi connectivity index (χ0n) is 15.9. The van der Waals surface area contributed by atoms with Gasteiger partial charge in [-0.2, -0.15) is 0 Å². The summed E-state index contributed by atoms with van der Waals surface area (Å²) in [6.45, 7) is 15.9. The molecule has 0 bridgehead atoms. The van der Waals surface area contributed by atoms with Crippen molar-refractivity contribution in [1.82, 2.24) is 0 Å². The number of allylic oxidation sites excluding steroid dienone is 4. The first-order chi connectivity index (χ1) is 11.7. The lowest BCUT2D eigenvalue weighted by atomic mass is 9.78. The largest absolute Gasteiger partial charge is 0.392 e.